The van der Waals surface area contributed by atoms with Crippen LogP contribution in [0.4, 0.5) is 0 Å². The second-order valence-electron chi connectivity index (χ2n) is 20.1. The van der Waals surface area contributed by atoms with Gasteiger partial charge in [-0.2, -0.15) is 0 Å². The average Bonchev–Trinajstić information content (AvgIpc) is 4.34. The van der Waals surface area contributed by atoms with Crippen LogP contribution in [0.25, 0.3) is 156 Å². The molecule has 0 saturated carbocycles. The molecule has 0 atom stereocenters. The van der Waals surface area contributed by atoms with Gasteiger partial charge in [0.2, 0.25) is 0 Å². The van der Waals surface area contributed by atoms with Crippen molar-refractivity contribution in [3.63, 3.8) is 0 Å². The van der Waals surface area contributed by atoms with Crippen LogP contribution in [0.5, 0.6) is 0 Å². The third-order valence-electron chi connectivity index (χ3n) is 16.0. The molecule has 5 aromatic heterocycles. The van der Waals surface area contributed by atoms with Gasteiger partial charge in [0.1, 0.15) is 0 Å². The number of benzene rings is 12. The van der Waals surface area contributed by atoms with Crippen LogP contribution in [0.3, 0.4) is 0 Å². The Kier molecular flexibility index (Phi) is 8.59. The minimum Gasteiger partial charge on any atom is -0.309 e. The van der Waals surface area contributed by atoms with Crippen LogP contribution in [0, 0.1) is 0 Å². The summed E-state index contributed by atoms with van der Waals surface area (Å²) in [4.78, 5) is 0. The molecule has 0 fully saturated rings. The molecule has 0 amide bonds. The normalized spacial score (nSPS) is 12.3. The molecule has 0 bridgehead atoms. The van der Waals surface area contributed by atoms with Gasteiger partial charge < -0.3 is 13.7 Å². The molecule has 0 spiro atoms. The van der Waals surface area contributed by atoms with Crippen LogP contribution in [-0.4, -0.2) is 13.7 Å². The van der Waals surface area contributed by atoms with E-state index in [1.807, 2.05) is 22.7 Å². The van der Waals surface area contributed by atoms with Crippen LogP contribution in [0.15, 0.2) is 249 Å². The Morgan fingerprint density at radius 2 is 0.613 bits per heavy atom. The number of thiophene rings is 2. The van der Waals surface area contributed by atoms with Crippen molar-refractivity contribution in [1.82, 2.24) is 13.7 Å². The lowest BCUT2D eigenvalue weighted by atomic mass is 10.00. The van der Waals surface area contributed by atoms with Gasteiger partial charge in [0.25, 0.3) is 0 Å². The van der Waals surface area contributed by atoms with Crippen molar-refractivity contribution in [2.75, 3.05) is 0 Å². The highest BCUT2D eigenvalue weighted by molar-refractivity contribution is 7.26. The summed E-state index contributed by atoms with van der Waals surface area (Å²) >= 11 is 3.76. The van der Waals surface area contributed by atoms with Gasteiger partial charge in [0.15, 0.2) is 0 Å². The van der Waals surface area contributed by atoms with E-state index in [0.717, 1.165) is 17.1 Å². The second-order valence-corrected chi connectivity index (χ2v) is 22.2. The Morgan fingerprint density at radius 1 is 0.200 bits per heavy atom. The zero-order chi connectivity index (χ0) is 48.9. The fourth-order valence-corrected chi connectivity index (χ4v) is 14.8. The summed E-state index contributed by atoms with van der Waals surface area (Å²) in [6.45, 7) is 0. The van der Waals surface area contributed by atoms with Crippen molar-refractivity contribution in [2.45, 2.75) is 0 Å². The maximum Gasteiger partial charge on any atom is 0.0548 e. The highest BCUT2D eigenvalue weighted by atomic mass is 32.1. The van der Waals surface area contributed by atoms with E-state index < -0.39 is 0 Å². The summed E-state index contributed by atoms with van der Waals surface area (Å²) in [5.41, 5.74) is 15.5. The Morgan fingerprint density at radius 3 is 1.21 bits per heavy atom. The molecule has 3 nitrogen and oxygen atoms in total. The molecule has 5 heteroatoms. The molecule has 0 aliphatic heterocycles. The van der Waals surface area contributed by atoms with Crippen LogP contribution < -0.4 is 0 Å². The van der Waals surface area contributed by atoms with Crippen molar-refractivity contribution < 1.29 is 0 Å². The molecule has 0 unspecified atom stereocenters. The molecule has 75 heavy (non-hydrogen) atoms. The van der Waals surface area contributed by atoms with Crippen molar-refractivity contribution in [2.24, 2.45) is 0 Å². The van der Waals surface area contributed by atoms with E-state index in [1.54, 1.807) is 0 Å². The second kappa shape index (κ2) is 15.6. The molecule has 17 rings (SSSR count). The standard InChI is InChI=1S/C70H41N3S2/c1-2-12-42(13-3-1)44-23-22-43-24-27-50(35-47(43)34-44)73-64-33-26-46(37-56(64)58-41-70-60(39-66(58)73)54-17-7-11-21-68(54)75-70)45-25-32-63-55(36-45)51-14-4-8-18-61(51)71(63)48-28-30-49(31-29-48)72-62-19-9-5-15-52(62)57-40-69-59(38-65(57)72)53-16-6-10-20-67(53)74-69/h1-41H. The van der Waals surface area contributed by atoms with Crippen molar-refractivity contribution in [1.29, 1.82) is 0 Å². The van der Waals surface area contributed by atoms with Gasteiger partial charge in [-0.15, -0.1) is 22.7 Å². The number of rotatable bonds is 5. The first kappa shape index (κ1) is 41.2. The Bertz CT molecular complexity index is 5240. The maximum atomic E-state index is 2.49. The number of nitrogens with zero attached hydrogens (tertiary/aromatic N) is 3. The predicted octanol–water partition coefficient (Wildman–Crippen LogP) is 20.2. The summed E-state index contributed by atoms with van der Waals surface area (Å²) in [7, 11) is 0. The molecule has 5 heterocycles. The molecule has 0 aliphatic rings. The average molecular weight is 988 g/mol. The van der Waals surface area contributed by atoms with Gasteiger partial charge in [-0.25, -0.2) is 0 Å². The lowest BCUT2D eigenvalue weighted by Crippen LogP contribution is -1.97. The quantitative estimate of drug-likeness (QED) is 0.163. The van der Waals surface area contributed by atoms with E-state index in [0.29, 0.717) is 0 Å². The van der Waals surface area contributed by atoms with Crippen LogP contribution in [0.2, 0.25) is 0 Å². The lowest BCUT2D eigenvalue weighted by Gasteiger charge is -2.12. The van der Waals surface area contributed by atoms with Crippen molar-refractivity contribution in [3.05, 3.63) is 249 Å². The summed E-state index contributed by atoms with van der Waals surface area (Å²) in [5.74, 6) is 0. The zero-order valence-corrected chi connectivity index (χ0v) is 42.0. The zero-order valence-electron chi connectivity index (χ0n) is 40.3. The van der Waals surface area contributed by atoms with Crippen LogP contribution in [-0.2, 0) is 0 Å². The minimum absolute atomic E-state index is 1.14. The van der Waals surface area contributed by atoms with Crippen LogP contribution >= 0.6 is 22.7 Å². The Hall–Kier alpha value is -9.26. The SMILES string of the molecule is c1ccc(-c2ccc3ccc(-n4c5ccc(-c6ccc7c(c6)c6ccccc6n7-c6ccc(-n7c8ccccc8c8cc9sc%10ccccc%10c9cc87)cc6)cc5c5cc6sc7ccccc7c6cc54)cc3c2)cc1. The summed E-state index contributed by atoms with van der Waals surface area (Å²) in [6.07, 6.45) is 0. The monoisotopic (exact) mass is 987 g/mol. The van der Waals surface area contributed by atoms with Crippen molar-refractivity contribution >= 4 is 139 Å². The number of hydrogen-bond acceptors (Lipinski definition) is 2. The molecule has 0 N–H and O–H groups in total. The highest BCUT2D eigenvalue weighted by Gasteiger charge is 2.20. The molecule has 0 radical (unpaired) electrons. The van der Waals surface area contributed by atoms with Gasteiger partial charge in [0, 0.05) is 89.7 Å². The largest absolute Gasteiger partial charge is 0.309 e. The number of para-hydroxylation sites is 2. The fraction of sp³-hybridized carbons (Fsp3) is 0. The van der Waals surface area contributed by atoms with Gasteiger partial charge in [-0.1, -0.05) is 133 Å². The summed E-state index contributed by atoms with van der Waals surface area (Å²) in [5, 5.41) is 15.2. The fourth-order valence-electron chi connectivity index (χ4n) is 12.5. The molecular weight excluding hydrogens is 947 g/mol. The number of aromatic nitrogens is 3. The third kappa shape index (κ3) is 6.08. The Labute approximate surface area is 438 Å². The highest BCUT2D eigenvalue weighted by Crippen LogP contribution is 2.45. The van der Waals surface area contributed by atoms with Gasteiger partial charge in [-0.05, 0) is 148 Å². The molecule has 12 aromatic carbocycles. The minimum atomic E-state index is 1.14. The third-order valence-corrected chi connectivity index (χ3v) is 18.3. The van der Waals surface area contributed by atoms with E-state index in [1.165, 1.54) is 139 Å². The molecular formula is C70H41N3S2. The maximum absolute atomic E-state index is 2.49. The molecule has 348 valence electrons. The Balaban J connectivity index is 0.806. The first-order valence-corrected chi connectivity index (χ1v) is 27.3. The molecule has 17 aromatic rings. The molecule has 0 aliphatic carbocycles. The lowest BCUT2D eigenvalue weighted by molar-refractivity contribution is 1.15. The summed E-state index contributed by atoms with van der Waals surface area (Å²) in [6, 6.07) is 92.8. The van der Waals surface area contributed by atoms with E-state index in [-0.39, 0.29) is 0 Å². The summed E-state index contributed by atoms with van der Waals surface area (Å²) < 4.78 is 12.6. The van der Waals surface area contributed by atoms with Gasteiger partial charge in [0.05, 0.1) is 33.1 Å². The van der Waals surface area contributed by atoms with E-state index >= 15 is 0 Å². The first-order valence-electron chi connectivity index (χ1n) is 25.6. The first-order chi connectivity index (χ1) is 37.1. The predicted molar refractivity (Wildman–Crippen MR) is 324 cm³/mol. The number of hydrogen-bond donors (Lipinski definition) is 0. The van der Waals surface area contributed by atoms with Gasteiger partial charge in [-0.3, -0.25) is 0 Å². The van der Waals surface area contributed by atoms with E-state index in [4.69, 9.17) is 0 Å². The van der Waals surface area contributed by atoms with Gasteiger partial charge >= 0.3 is 0 Å². The number of fused-ring (bicyclic) bond motifs is 16. The van der Waals surface area contributed by atoms with E-state index in [2.05, 4.69) is 262 Å². The smallest absolute Gasteiger partial charge is 0.0548 e. The van der Waals surface area contributed by atoms with Crippen LogP contribution in [0.1, 0.15) is 0 Å². The van der Waals surface area contributed by atoms with Crippen molar-refractivity contribution in [3.8, 4) is 39.3 Å². The van der Waals surface area contributed by atoms with E-state index in [9.17, 15) is 0 Å². The molecule has 0 saturated heterocycles. The topological polar surface area (TPSA) is 14.8 Å².